The van der Waals surface area contributed by atoms with Gasteiger partial charge in [-0.3, -0.25) is 9.59 Å². The van der Waals surface area contributed by atoms with Crippen LogP contribution in [-0.2, 0) is 4.79 Å². The Hall–Kier alpha value is -3.14. The Morgan fingerprint density at radius 3 is 2.50 bits per heavy atom. The highest BCUT2D eigenvalue weighted by atomic mass is 35.5. The summed E-state index contributed by atoms with van der Waals surface area (Å²) in [6.45, 7) is 8.74. The first-order valence-electron chi connectivity index (χ1n) is 12.2. The SMILES string of the molecule is CCN(CC)C(=O)c1ccc(-c2ccc(C(c3cccc(F)c3)C(C)(C)C(=O)Nc3nncs3)s2)cc1Cl. The molecule has 4 rings (SSSR count). The molecule has 0 spiro atoms. The van der Waals surface area contributed by atoms with Crippen LogP contribution < -0.4 is 5.32 Å². The molecular weight excluding hydrogens is 543 g/mol. The lowest BCUT2D eigenvalue weighted by molar-refractivity contribution is -0.124. The second-order valence-electron chi connectivity index (χ2n) is 9.28. The van der Waals surface area contributed by atoms with Gasteiger partial charge in [0.1, 0.15) is 11.3 Å². The summed E-state index contributed by atoms with van der Waals surface area (Å²) in [5, 5.41) is 11.3. The molecule has 4 aromatic rings. The molecule has 1 N–H and O–H groups in total. The Morgan fingerprint density at radius 1 is 1.11 bits per heavy atom. The van der Waals surface area contributed by atoms with Crippen molar-refractivity contribution in [3.63, 3.8) is 0 Å². The highest BCUT2D eigenvalue weighted by Gasteiger charge is 2.40. The highest BCUT2D eigenvalue weighted by Crippen LogP contribution is 2.46. The molecule has 0 radical (unpaired) electrons. The van der Waals surface area contributed by atoms with Gasteiger partial charge in [-0.15, -0.1) is 21.5 Å². The molecule has 198 valence electrons. The van der Waals surface area contributed by atoms with Crippen LogP contribution in [0.2, 0.25) is 5.02 Å². The number of hydrogen-bond acceptors (Lipinski definition) is 6. The molecule has 0 saturated heterocycles. The third-order valence-corrected chi connectivity index (χ3v) is 8.63. The van der Waals surface area contributed by atoms with Crippen LogP contribution in [0.5, 0.6) is 0 Å². The molecule has 10 heteroatoms. The van der Waals surface area contributed by atoms with E-state index in [2.05, 4.69) is 15.5 Å². The standard InChI is InChI=1S/C28H28ClFN4O2S2/c1-5-34(6-2)25(35)20-11-10-17(15-21(20)29)22-12-13-23(38-22)24(18-8-7-9-19(30)14-18)28(3,4)26(36)32-27-33-31-16-37-27/h7-16,24H,5-6H2,1-4H3,(H,32,33,36). The molecular formula is C28H28ClFN4O2S2. The summed E-state index contributed by atoms with van der Waals surface area (Å²) in [5.41, 5.74) is 2.59. The number of nitrogens with zero attached hydrogens (tertiary/aromatic N) is 3. The van der Waals surface area contributed by atoms with E-state index in [0.29, 0.717) is 34.4 Å². The van der Waals surface area contributed by atoms with E-state index in [-0.39, 0.29) is 17.6 Å². The van der Waals surface area contributed by atoms with Crippen molar-refractivity contribution in [2.75, 3.05) is 18.4 Å². The lowest BCUT2D eigenvalue weighted by Crippen LogP contribution is -2.36. The van der Waals surface area contributed by atoms with Gasteiger partial charge in [-0.2, -0.15) is 0 Å². The van der Waals surface area contributed by atoms with E-state index >= 15 is 0 Å². The highest BCUT2D eigenvalue weighted by molar-refractivity contribution is 7.15. The molecule has 2 heterocycles. The molecule has 0 saturated carbocycles. The van der Waals surface area contributed by atoms with Crippen molar-refractivity contribution in [3.8, 4) is 10.4 Å². The minimum absolute atomic E-state index is 0.104. The number of nitrogens with one attached hydrogen (secondary N) is 1. The molecule has 0 aliphatic carbocycles. The zero-order valence-electron chi connectivity index (χ0n) is 21.5. The average Bonchev–Trinajstić information content (AvgIpc) is 3.57. The fraction of sp³-hybridized carbons (Fsp3) is 0.286. The third kappa shape index (κ3) is 5.80. The minimum atomic E-state index is -0.959. The van der Waals surface area contributed by atoms with Crippen LogP contribution >= 0.6 is 34.3 Å². The maximum atomic E-state index is 14.3. The molecule has 2 amide bonds. The molecule has 1 atom stereocenters. The Bertz CT molecular complexity index is 1430. The van der Waals surface area contributed by atoms with Crippen molar-refractivity contribution >= 4 is 51.2 Å². The molecule has 0 aliphatic rings. The summed E-state index contributed by atoms with van der Waals surface area (Å²) in [5.74, 6) is -1.16. The molecule has 1 unspecified atom stereocenters. The van der Waals surface area contributed by atoms with Crippen LogP contribution in [0.1, 0.15) is 54.4 Å². The second kappa shape index (κ2) is 11.7. The number of carbonyl (C=O) groups is 2. The van der Waals surface area contributed by atoms with Gasteiger partial charge in [0.05, 0.1) is 16.0 Å². The predicted molar refractivity (Wildman–Crippen MR) is 153 cm³/mol. The van der Waals surface area contributed by atoms with Gasteiger partial charge < -0.3 is 10.2 Å². The van der Waals surface area contributed by atoms with E-state index in [1.807, 2.05) is 52.0 Å². The molecule has 0 aliphatic heterocycles. The summed E-state index contributed by atoms with van der Waals surface area (Å²) in [4.78, 5) is 29.8. The fourth-order valence-corrected chi connectivity index (χ4v) is 6.45. The van der Waals surface area contributed by atoms with Gasteiger partial charge in [-0.25, -0.2) is 4.39 Å². The molecule has 0 fully saturated rings. The number of aromatic nitrogens is 2. The summed E-state index contributed by atoms with van der Waals surface area (Å²) < 4.78 is 14.3. The Labute approximate surface area is 234 Å². The quantitative estimate of drug-likeness (QED) is 0.228. The van der Waals surface area contributed by atoms with Crippen LogP contribution in [0.25, 0.3) is 10.4 Å². The van der Waals surface area contributed by atoms with Crippen molar-refractivity contribution < 1.29 is 14.0 Å². The minimum Gasteiger partial charge on any atom is -0.339 e. The molecule has 2 aromatic heterocycles. The predicted octanol–water partition coefficient (Wildman–Crippen LogP) is 7.34. The zero-order valence-corrected chi connectivity index (χ0v) is 23.9. The first kappa shape index (κ1) is 27.9. The number of thiophene rings is 1. The van der Waals surface area contributed by atoms with Gasteiger partial charge in [-0.1, -0.05) is 55.0 Å². The number of carbonyl (C=O) groups excluding carboxylic acids is 2. The number of benzene rings is 2. The molecule has 6 nitrogen and oxygen atoms in total. The van der Waals surface area contributed by atoms with Gasteiger partial charge in [0, 0.05) is 28.8 Å². The first-order chi connectivity index (χ1) is 18.1. The maximum Gasteiger partial charge on any atom is 0.255 e. The lowest BCUT2D eigenvalue weighted by Gasteiger charge is -2.32. The number of anilines is 1. The van der Waals surface area contributed by atoms with E-state index in [4.69, 9.17) is 11.6 Å². The van der Waals surface area contributed by atoms with E-state index in [1.54, 1.807) is 28.6 Å². The van der Waals surface area contributed by atoms with Gasteiger partial charge in [0.15, 0.2) is 0 Å². The lowest BCUT2D eigenvalue weighted by atomic mass is 9.73. The van der Waals surface area contributed by atoms with Crippen LogP contribution in [0.3, 0.4) is 0 Å². The largest absolute Gasteiger partial charge is 0.339 e. The second-order valence-corrected chi connectivity index (χ2v) is 11.6. The Morgan fingerprint density at radius 2 is 1.87 bits per heavy atom. The van der Waals surface area contributed by atoms with Crippen molar-refractivity contribution in [1.29, 1.82) is 0 Å². The number of amides is 2. The van der Waals surface area contributed by atoms with Crippen LogP contribution in [0.4, 0.5) is 9.52 Å². The average molecular weight is 571 g/mol. The fourth-order valence-electron chi connectivity index (χ4n) is 4.43. The Kier molecular flexibility index (Phi) is 8.60. The van der Waals surface area contributed by atoms with E-state index in [0.717, 1.165) is 15.3 Å². The smallest absolute Gasteiger partial charge is 0.255 e. The number of hydrogen-bond donors (Lipinski definition) is 1. The molecule has 0 bridgehead atoms. The normalized spacial score (nSPS) is 12.3. The maximum absolute atomic E-state index is 14.3. The van der Waals surface area contributed by atoms with Crippen molar-refractivity contribution in [1.82, 2.24) is 15.1 Å². The first-order valence-corrected chi connectivity index (χ1v) is 14.2. The molecule has 38 heavy (non-hydrogen) atoms. The number of halogens is 2. The van der Waals surface area contributed by atoms with Gasteiger partial charge >= 0.3 is 0 Å². The summed E-state index contributed by atoms with van der Waals surface area (Å²) in [6.07, 6.45) is 0. The van der Waals surface area contributed by atoms with Crippen LogP contribution in [-0.4, -0.2) is 40.0 Å². The summed E-state index contributed by atoms with van der Waals surface area (Å²) >= 11 is 9.29. The van der Waals surface area contributed by atoms with E-state index in [1.165, 1.54) is 34.8 Å². The van der Waals surface area contributed by atoms with E-state index in [9.17, 15) is 14.0 Å². The van der Waals surface area contributed by atoms with Crippen LogP contribution in [0, 0.1) is 11.2 Å². The van der Waals surface area contributed by atoms with E-state index < -0.39 is 11.3 Å². The third-order valence-electron chi connectivity index (χ3n) is 6.52. The van der Waals surface area contributed by atoms with Gasteiger partial charge in [0.25, 0.3) is 5.91 Å². The van der Waals surface area contributed by atoms with Crippen molar-refractivity contribution in [2.24, 2.45) is 5.41 Å². The molecule has 2 aromatic carbocycles. The number of rotatable bonds is 9. The zero-order chi connectivity index (χ0) is 27.4. The van der Waals surface area contributed by atoms with Gasteiger partial charge in [-0.05, 0) is 61.4 Å². The topological polar surface area (TPSA) is 75.2 Å². The summed E-state index contributed by atoms with van der Waals surface area (Å²) in [6, 6.07) is 15.7. The van der Waals surface area contributed by atoms with Crippen molar-refractivity contribution in [3.05, 3.63) is 87.0 Å². The van der Waals surface area contributed by atoms with Crippen LogP contribution in [0.15, 0.2) is 60.1 Å². The van der Waals surface area contributed by atoms with Gasteiger partial charge in [0.2, 0.25) is 11.0 Å². The monoisotopic (exact) mass is 570 g/mol. The Balaban J connectivity index is 1.70. The summed E-state index contributed by atoms with van der Waals surface area (Å²) in [7, 11) is 0. The van der Waals surface area contributed by atoms with Crippen molar-refractivity contribution in [2.45, 2.75) is 33.6 Å².